The maximum atomic E-state index is 15.2. The van der Waals surface area contributed by atoms with Gasteiger partial charge in [0.05, 0.1) is 50.5 Å². The predicted molar refractivity (Wildman–Crippen MR) is 414 cm³/mol. The van der Waals surface area contributed by atoms with E-state index in [0.29, 0.717) is 22.6 Å². The van der Waals surface area contributed by atoms with Crippen molar-refractivity contribution in [3.05, 3.63) is 148 Å². The number of amides is 7. The van der Waals surface area contributed by atoms with Crippen LogP contribution >= 0.6 is 0 Å². The Kier molecular flexibility index (Phi) is 28.0. The molecule has 3 heterocycles. The Morgan fingerprint density at radius 3 is 1.48 bits per heavy atom. The number of rotatable bonds is 29. The van der Waals surface area contributed by atoms with Gasteiger partial charge in [-0.2, -0.15) is 0 Å². The van der Waals surface area contributed by atoms with E-state index in [1.165, 1.54) is 52.0 Å². The second-order valence-electron chi connectivity index (χ2n) is 33.1. The van der Waals surface area contributed by atoms with Gasteiger partial charge < -0.3 is 49.4 Å². The van der Waals surface area contributed by atoms with Gasteiger partial charge in [0.25, 0.3) is 0 Å². The van der Waals surface area contributed by atoms with Gasteiger partial charge in [0.15, 0.2) is 11.6 Å². The Morgan fingerprint density at radius 2 is 1.01 bits per heavy atom. The van der Waals surface area contributed by atoms with E-state index in [2.05, 4.69) is 36.3 Å². The van der Waals surface area contributed by atoms with Gasteiger partial charge in [-0.05, 0) is 148 Å². The molecule has 8 rings (SSSR count). The fraction of sp³-hybridized carbons (Fsp3) is 0.524. The normalized spacial score (nSPS) is 17.8. The number of Topliss-reactive ketones (excluding diaryl/α,β-unsaturated/α-hetero) is 2. The summed E-state index contributed by atoms with van der Waals surface area (Å²) in [5, 5.41) is 25.0. The zero-order valence-corrected chi connectivity index (χ0v) is 66.9. The summed E-state index contributed by atoms with van der Waals surface area (Å²) in [5.41, 5.74) is 8.46. The average molecular weight is 1530 g/mol. The first-order valence-electron chi connectivity index (χ1n) is 37.3. The summed E-state index contributed by atoms with van der Waals surface area (Å²) >= 11 is 0. The van der Waals surface area contributed by atoms with Crippen molar-refractivity contribution in [2.24, 2.45) is 27.8 Å². The molecule has 3 N–H and O–H groups in total. The van der Waals surface area contributed by atoms with Crippen LogP contribution in [0.1, 0.15) is 151 Å². The number of nitrogens with one attached hydrogen (secondary N) is 3. The molecular formula is C82H107N13O16. The lowest BCUT2D eigenvalue weighted by molar-refractivity contribution is -0.148. The zero-order valence-electron chi connectivity index (χ0n) is 66.9. The molecule has 2 aliphatic heterocycles. The second kappa shape index (κ2) is 36.3. The Morgan fingerprint density at radius 1 is 0.559 bits per heavy atom. The van der Waals surface area contributed by atoms with Crippen LogP contribution in [0.4, 0.5) is 9.59 Å². The number of aromatic nitrogens is 3. The summed E-state index contributed by atoms with van der Waals surface area (Å²) in [6, 6.07) is 23.9. The third kappa shape index (κ3) is 22.8. The molecule has 5 aromatic carbocycles. The van der Waals surface area contributed by atoms with Crippen molar-refractivity contribution in [1.29, 1.82) is 0 Å². The molecule has 11 atom stereocenters. The predicted octanol–water partition coefficient (Wildman–Crippen LogP) is 10.2. The third-order valence-corrected chi connectivity index (χ3v) is 20.0. The van der Waals surface area contributed by atoms with Crippen LogP contribution in [0, 0.1) is 22.7 Å². The maximum absolute atomic E-state index is 15.2. The Labute approximate surface area is 648 Å². The van der Waals surface area contributed by atoms with Crippen molar-refractivity contribution in [1.82, 2.24) is 50.5 Å². The van der Waals surface area contributed by atoms with Crippen molar-refractivity contribution >= 4 is 86.8 Å². The first-order valence-corrected chi connectivity index (χ1v) is 37.3. The van der Waals surface area contributed by atoms with Gasteiger partial charge in [-0.3, -0.25) is 48.2 Å². The van der Waals surface area contributed by atoms with Crippen molar-refractivity contribution in [2.45, 2.75) is 214 Å². The van der Waals surface area contributed by atoms with E-state index in [1.54, 1.807) is 118 Å². The van der Waals surface area contributed by atoms with E-state index < -0.39 is 160 Å². The summed E-state index contributed by atoms with van der Waals surface area (Å²) in [6.45, 7) is 23.4. The lowest BCUT2D eigenvalue weighted by atomic mass is 9.85. The van der Waals surface area contributed by atoms with Crippen LogP contribution in [0.5, 0.6) is 5.75 Å². The smallest absolute Gasteiger partial charge is 0.410 e. The number of azide groups is 1. The summed E-state index contributed by atoms with van der Waals surface area (Å²) in [6.07, 6.45) is -0.492. The number of likely N-dealkylation sites (N-methyl/N-ethyl adjacent to an activating group) is 2. The number of carbonyl (C=O) groups excluding carboxylic acids is 11. The molecule has 1 aromatic heterocycles. The van der Waals surface area contributed by atoms with E-state index in [0.717, 1.165) is 36.9 Å². The van der Waals surface area contributed by atoms with E-state index in [-0.39, 0.29) is 58.2 Å². The minimum absolute atomic E-state index is 0.0173. The first-order chi connectivity index (χ1) is 52.1. The lowest BCUT2D eigenvalue weighted by Crippen LogP contribution is -2.59. The van der Waals surface area contributed by atoms with E-state index in [9.17, 15) is 48.7 Å². The standard InChI is InChI=1S/C82H107N13O16/c1-48(91(15)77(105)110-81(9,10)11)70(98)85-68(79(3,4)5)73(101)93-44-59(87-89-83)42-64(93)66(96)40-57(37-51-27-31-53-23-19-21-25-55(53)35-51)72(100)84-63(76(104)108-18)39-50-29-33-62(34-30-50)109-47-60-45-95(90-88-60)61-43-65(67(97)41-58(75(103)107-17)38-52-28-32-54-24-20-22-26-56(54)36-52)94(46-61)74(102)69(80(6,7)8)86-71(99)49(2)92(16)78(106)111-82(12,13)14/h19-36,45,48-49,57-59,61,63-65,68-69H,37-44,46-47H2,1-18H3,(H,84,100)(H,85,98)(H,86,99)/t48-,49-,57?,58+,59-,61-,63-,64-,65-,68+,69+/m0/s1. The molecule has 2 aliphatic rings. The van der Waals surface area contributed by atoms with Gasteiger partial charge in [-0.15, -0.1) is 5.10 Å². The summed E-state index contributed by atoms with van der Waals surface area (Å²) in [5.74, 6) is -7.21. The Bertz CT molecular complexity index is 4450. The summed E-state index contributed by atoms with van der Waals surface area (Å²) in [4.78, 5) is 164. The molecule has 7 amide bonds. The summed E-state index contributed by atoms with van der Waals surface area (Å²) < 4.78 is 29.2. The number of hydrogen-bond donors (Lipinski definition) is 3. The average Bonchev–Trinajstić information content (AvgIpc) is 1.65. The number of ketones is 2. The number of fused-ring (bicyclic) bond motifs is 2. The van der Waals surface area contributed by atoms with Gasteiger partial charge >= 0.3 is 24.1 Å². The van der Waals surface area contributed by atoms with Crippen LogP contribution in [0.2, 0.25) is 0 Å². The van der Waals surface area contributed by atoms with Crippen LogP contribution in [0.3, 0.4) is 0 Å². The summed E-state index contributed by atoms with van der Waals surface area (Å²) in [7, 11) is 5.27. The molecular weight excluding hydrogens is 1420 g/mol. The van der Waals surface area contributed by atoms with Crippen LogP contribution in [-0.2, 0) is 88.0 Å². The van der Waals surface area contributed by atoms with Gasteiger partial charge in [-0.25, -0.2) is 19.1 Å². The van der Waals surface area contributed by atoms with Gasteiger partial charge in [0.2, 0.25) is 29.5 Å². The molecule has 0 aliphatic carbocycles. The molecule has 1 unspecified atom stereocenters. The number of likely N-dealkylation sites (tertiary alicyclic amines) is 2. The van der Waals surface area contributed by atoms with Crippen LogP contribution < -0.4 is 20.7 Å². The SMILES string of the molecule is COC(=O)[C@@H](CC(=O)[C@@H]1C[C@H](n2cc(COc3ccc(C[C@H](NC(=O)C(CC(=O)[C@@H]4C[C@H](N=[N+]=[N-])CN4C(=O)[C@@H](NC(=O)[C@H](C)N(C)C(=O)OC(C)(C)C)C(C)(C)C)Cc4ccc5ccccc5c4)C(=O)OC)cc3)nn2)CN1C(=O)[C@@H](NC(=O)[C@H](C)N(C)C(=O)OC(C)(C)C)C(C)(C)C)Cc1ccc2ccccc2c1. The van der Waals surface area contributed by atoms with Gasteiger partial charge in [-0.1, -0.05) is 149 Å². The molecule has 2 saturated heterocycles. The highest BCUT2D eigenvalue weighted by Gasteiger charge is 2.49. The topological polar surface area (TPSA) is 362 Å². The fourth-order valence-electron chi connectivity index (χ4n) is 13.6. The lowest BCUT2D eigenvalue weighted by Gasteiger charge is -2.37. The fourth-order valence-corrected chi connectivity index (χ4v) is 13.6. The molecule has 0 saturated carbocycles. The number of ether oxygens (including phenoxy) is 5. The molecule has 0 spiro atoms. The van der Waals surface area contributed by atoms with Gasteiger partial charge in [0.1, 0.15) is 59.5 Å². The van der Waals surface area contributed by atoms with Crippen LogP contribution in [0.15, 0.2) is 121 Å². The minimum atomic E-state index is -1.27. The number of methoxy groups -OCH3 is 2. The van der Waals surface area contributed by atoms with E-state index >= 15 is 9.59 Å². The van der Waals surface area contributed by atoms with Crippen molar-refractivity contribution < 1.29 is 76.4 Å². The van der Waals surface area contributed by atoms with Crippen molar-refractivity contribution in [2.75, 3.05) is 41.4 Å². The van der Waals surface area contributed by atoms with Crippen molar-refractivity contribution in [3.63, 3.8) is 0 Å². The zero-order chi connectivity index (χ0) is 81.8. The number of nitrogens with zero attached hydrogens (tertiary/aromatic N) is 10. The minimum Gasteiger partial charge on any atom is -0.487 e. The highest BCUT2D eigenvalue weighted by Crippen LogP contribution is 2.35. The highest BCUT2D eigenvalue weighted by molar-refractivity contribution is 5.99. The van der Waals surface area contributed by atoms with Crippen LogP contribution in [0.25, 0.3) is 32.0 Å². The van der Waals surface area contributed by atoms with E-state index in [4.69, 9.17) is 23.7 Å². The molecule has 6 aromatic rings. The van der Waals surface area contributed by atoms with E-state index in [1.807, 2.05) is 84.9 Å². The Balaban J connectivity index is 0.985. The molecule has 29 nitrogen and oxygen atoms in total. The maximum Gasteiger partial charge on any atom is 0.410 e. The van der Waals surface area contributed by atoms with Crippen molar-refractivity contribution in [3.8, 4) is 5.75 Å². The van der Waals surface area contributed by atoms with Crippen LogP contribution in [-0.4, -0.2) is 201 Å². The molecule has 111 heavy (non-hydrogen) atoms. The Hall–Kier alpha value is -11.0. The number of hydrogen-bond acceptors (Lipinski definition) is 19. The molecule has 596 valence electrons. The largest absolute Gasteiger partial charge is 0.487 e. The van der Waals surface area contributed by atoms with Gasteiger partial charge in [0, 0.05) is 57.3 Å². The quantitative estimate of drug-likeness (QED) is 0.0129. The first kappa shape index (κ1) is 85.6. The number of esters is 2. The molecule has 29 heteroatoms. The molecule has 2 fully saturated rings. The number of carbonyl (C=O) groups is 11. The second-order valence-corrected chi connectivity index (χ2v) is 33.1. The monoisotopic (exact) mass is 1530 g/mol. The highest BCUT2D eigenvalue weighted by atomic mass is 16.6. The molecule has 0 radical (unpaired) electrons. The third-order valence-electron chi connectivity index (χ3n) is 20.0. The number of benzene rings is 5. The molecule has 0 bridgehead atoms.